The van der Waals surface area contributed by atoms with Crippen LogP contribution in [0, 0.1) is 0 Å². The molecule has 4 N–H and O–H groups in total. The van der Waals surface area contributed by atoms with Crippen molar-refractivity contribution < 1.29 is 19.7 Å². The molecule has 0 aliphatic rings. The molecule has 1 aromatic rings. The predicted octanol–water partition coefficient (Wildman–Crippen LogP) is 0.997. The largest absolute Gasteiger partial charge is 0.461 e. The van der Waals surface area contributed by atoms with Gasteiger partial charge in [0.1, 0.15) is 6.10 Å². The van der Waals surface area contributed by atoms with Crippen LogP contribution in [-0.2, 0) is 4.74 Å². The van der Waals surface area contributed by atoms with Crippen LogP contribution in [0.15, 0.2) is 5.11 Å². The van der Waals surface area contributed by atoms with E-state index in [0.717, 1.165) is 11.3 Å². The van der Waals surface area contributed by atoms with E-state index in [9.17, 15) is 15.0 Å². The Labute approximate surface area is 118 Å². The molecule has 1 heterocycles. The quantitative estimate of drug-likeness (QED) is 0.295. The summed E-state index contributed by atoms with van der Waals surface area (Å²) in [5.41, 5.74) is 13.5. The zero-order chi connectivity index (χ0) is 15.1. The molecule has 0 saturated carbocycles. The highest BCUT2D eigenvalue weighted by molar-refractivity contribution is 7.15. The lowest BCUT2D eigenvalue weighted by atomic mass is 10.1. The van der Waals surface area contributed by atoms with E-state index in [4.69, 9.17) is 16.0 Å². The summed E-state index contributed by atoms with van der Waals surface area (Å²) in [4.78, 5) is 18.1. The lowest BCUT2D eigenvalue weighted by Gasteiger charge is -2.16. The van der Waals surface area contributed by atoms with Gasteiger partial charge in [-0.1, -0.05) is 16.5 Å². The predicted molar refractivity (Wildman–Crippen MR) is 72.1 cm³/mol. The molecule has 0 saturated heterocycles. The Kier molecular flexibility index (Phi) is 6.19. The van der Waals surface area contributed by atoms with Crippen LogP contribution in [0.4, 0.5) is 5.13 Å². The molecule has 0 bridgehead atoms. The van der Waals surface area contributed by atoms with Gasteiger partial charge in [-0.2, -0.15) is 0 Å². The third-order valence-electron chi connectivity index (χ3n) is 2.36. The van der Waals surface area contributed by atoms with Gasteiger partial charge < -0.3 is 20.7 Å². The van der Waals surface area contributed by atoms with Crippen LogP contribution in [0.25, 0.3) is 10.4 Å². The van der Waals surface area contributed by atoms with Gasteiger partial charge in [-0.05, 0) is 18.9 Å². The number of anilines is 1. The van der Waals surface area contributed by atoms with Crippen LogP contribution in [0.2, 0.25) is 0 Å². The van der Waals surface area contributed by atoms with Gasteiger partial charge in [0.25, 0.3) is 0 Å². The molecule has 110 valence electrons. The van der Waals surface area contributed by atoms with Crippen molar-refractivity contribution in [2.75, 3.05) is 18.9 Å². The second kappa shape index (κ2) is 7.65. The molecule has 0 radical (unpaired) electrons. The van der Waals surface area contributed by atoms with Crippen LogP contribution < -0.4 is 5.73 Å². The number of ether oxygens (including phenoxy) is 1. The zero-order valence-corrected chi connectivity index (χ0v) is 11.6. The van der Waals surface area contributed by atoms with Crippen LogP contribution in [0.5, 0.6) is 0 Å². The molecule has 0 aromatic carbocycles. The average molecular weight is 301 g/mol. The van der Waals surface area contributed by atoms with Crippen LogP contribution in [-0.4, -0.2) is 40.4 Å². The second-order valence-corrected chi connectivity index (χ2v) is 4.80. The number of carbonyl (C=O) groups is 1. The van der Waals surface area contributed by atoms with Gasteiger partial charge in [-0.25, -0.2) is 9.78 Å². The Bertz CT molecular complexity index is 514. The maximum atomic E-state index is 11.7. The fraction of sp³-hybridized carbons (Fsp3) is 0.600. The minimum absolute atomic E-state index is 0.0255. The summed E-state index contributed by atoms with van der Waals surface area (Å²) in [6.07, 6.45) is -2.50. The van der Waals surface area contributed by atoms with Gasteiger partial charge in [-0.3, -0.25) is 0 Å². The minimum atomic E-state index is -1.35. The van der Waals surface area contributed by atoms with E-state index in [2.05, 4.69) is 15.0 Å². The molecular formula is C10H15N5O4S. The summed E-state index contributed by atoms with van der Waals surface area (Å²) in [6.45, 7) is 1.82. The number of nitrogens with two attached hydrogens (primary N) is 1. The first-order valence-electron chi connectivity index (χ1n) is 5.81. The zero-order valence-electron chi connectivity index (χ0n) is 10.8. The number of hydrogen-bond acceptors (Lipinski definition) is 8. The maximum absolute atomic E-state index is 11.7. The number of nitrogen functional groups attached to an aromatic ring is 1. The van der Waals surface area contributed by atoms with Crippen molar-refractivity contribution >= 4 is 22.4 Å². The molecule has 2 unspecified atom stereocenters. The van der Waals surface area contributed by atoms with E-state index >= 15 is 0 Å². The van der Waals surface area contributed by atoms with Crippen LogP contribution in [0.1, 0.15) is 34.8 Å². The normalized spacial score (nSPS) is 13.3. The van der Waals surface area contributed by atoms with Gasteiger partial charge in [0.05, 0.1) is 17.6 Å². The average Bonchev–Trinajstić information content (AvgIpc) is 2.80. The molecule has 0 aliphatic carbocycles. The number of esters is 1. The Hall–Kier alpha value is -1.87. The smallest absolute Gasteiger partial charge is 0.358 e. The Morgan fingerprint density at radius 1 is 1.65 bits per heavy atom. The van der Waals surface area contributed by atoms with Crippen LogP contribution >= 0.6 is 11.3 Å². The van der Waals surface area contributed by atoms with Crippen LogP contribution in [0.3, 0.4) is 0 Å². The Morgan fingerprint density at radius 2 is 2.35 bits per heavy atom. The molecule has 0 fully saturated rings. The molecule has 20 heavy (non-hydrogen) atoms. The van der Waals surface area contributed by atoms with Crippen molar-refractivity contribution in [2.45, 2.75) is 25.6 Å². The first-order chi connectivity index (χ1) is 9.51. The first-order valence-corrected chi connectivity index (χ1v) is 6.63. The second-order valence-electron chi connectivity index (χ2n) is 3.74. The number of carbonyl (C=O) groups excluding carboxylic acids is 1. The summed E-state index contributed by atoms with van der Waals surface area (Å²) in [5.74, 6) is -0.711. The monoisotopic (exact) mass is 301 g/mol. The lowest BCUT2D eigenvalue weighted by Crippen LogP contribution is -2.21. The molecule has 0 aliphatic heterocycles. The molecule has 9 nitrogen and oxygen atoms in total. The van der Waals surface area contributed by atoms with Crippen molar-refractivity contribution in [3.8, 4) is 0 Å². The van der Waals surface area contributed by atoms with Gasteiger partial charge in [-0.15, -0.1) is 0 Å². The molecular weight excluding hydrogens is 286 g/mol. The van der Waals surface area contributed by atoms with E-state index in [1.165, 1.54) is 0 Å². The van der Waals surface area contributed by atoms with Gasteiger partial charge in [0.15, 0.2) is 10.8 Å². The fourth-order valence-electron chi connectivity index (χ4n) is 1.46. The summed E-state index contributed by atoms with van der Waals surface area (Å²) in [6, 6.07) is 0. The minimum Gasteiger partial charge on any atom is -0.461 e. The highest BCUT2D eigenvalue weighted by atomic mass is 32.1. The third-order valence-corrected chi connectivity index (χ3v) is 3.32. The Morgan fingerprint density at radius 3 is 2.95 bits per heavy atom. The number of aromatic nitrogens is 1. The highest BCUT2D eigenvalue weighted by Crippen LogP contribution is 2.30. The van der Waals surface area contributed by atoms with Gasteiger partial charge in [0, 0.05) is 11.5 Å². The summed E-state index contributed by atoms with van der Waals surface area (Å²) in [7, 11) is 0. The molecule has 1 aromatic heterocycles. The molecule has 0 spiro atoms. The number of nitrogens with zero attached hydrogens (tertiary/aromatic N) is 4. The van der Waals surface area contributed by atoms with Gasteiger partial charge in [0.2, 0.25) is 0 Å². The topological polar surface area (TPSA) is 154 Å². The lowest BCUT2D eigenvalue weighted by molar-refractivity contribution is 0.0156. The summed E-state index contributed by atoms with van der Waals surface area (Å²) < 4.78 is 4.80. The van der Waals surface area contributed by atoms with E-state index in [-0.39, 0.29) is 35.3 Å². The van der Waals surface area contributed by atoms with Gasteiger partial charge >= 0.3 is 5.97 Å². The van der Waals surface area contributed by atoms with Crippen molar-refractivity contribution in [2.24, 2.45) is 5.11 Å². The number of aliphatic hydroxyl groups is 2. The maximum Gasteiger partial charge on any atom is 0.358 e. The Balaban J connectivity index is 2.88. The van der Waals surface area contributed by atoms with E-state index in [1.54, 1.807) is 6.92 Å². The molecule has 10 heteroatoms. The highest BCUT2D eigenvalue weighted by Gasteiger charge is 2.28. The van der Waals surface area contributed by atoms with Crippen molar-refractivity contribution in [1.82, 2.24) is 4.98 Å². The molecule has 2 atom stereocenters. The van der Waals surface area contributed by atoms with Crippen molar-refractivity contribution in [3.63, 3.8) is 0 Å². The summed E-state index contributed by atoms with van der Waals surface area (Å²) >= 11 is 0.897. The van der Waals surface area contributed by atoms with Crippen molar-refractivity contribution in [1.29, 1.82) is 0 Å². The standard InChI is InChI=1S/C10H15N5O4S/c1-2-19-9(18)6-8(20-10(11)14-6)7(17)5(16)3-4-13-15-12/h5,7,16-17H,2-4H2,1H3,(H2,11,14). The SMILES string of the molecule is CCOC(=O)c1nc(N)sc1C(O)C(O)CCN=[N+]=[N-]. The van der Waals surface area contributed by atoms with E-state index in [0.29, 0.717) is 0 Å². The van der Waals surface area contributed by atoms with Crippen molar-refractivity contribution in [3.05, 3.63) is 21.0 Å². The van der Waals surface area contributed by atoms with E-state index < -0.39 is 18.2 Å². The van der Waals surface area contributed by atoms with E-state index in [1.807, 2.05) is 0 Å². The fourth-order valence-corrected chi connectivity index (χ4v) is 2.33. The molecule has 0 amide bonds. The first kappa shape index (κ1) is 16.2. The molecule has 1 rings (SSSR count). The number of azide groups is 1. The third kappa shape index (κ3) is 4.07. The number of aliphatic hydroxyl groups excluding tert-OH is 2. The number of hydrogen-bond donors (Lipinski definition) is 3. The number of rotatable bonds is 7. The number of thiazole rings is 1. The summed E-state index contributed by atoms with van der Waals surface area (Å²) in [5, 5.41) is 23.2.